The van der Waals surface area contributed by atoms with E-state index in [2.05, 4.69) is 43.0 Å². The van der Waals surface area contributed by atoms with Crippen LogP contribution in [0.15, 0.2) is 24.3 Å². The number of para-hydroxylation sites is 1. The molecule has 2 N–H and O–H groups in total. The topological polar surface area (TPSA) is 29.3 Å². The number of nitrogens with two attached hydrogens (primary N) is 1. The van der Waals surface area contributed by atoms with Crippen molar-refractivity contribution in [1.29, 1.82) is 0 Å². The molecule has 0 radical (unpaired) electrons. The van der Waals surface area contributed by atoms with Crippen LogP contribution in [0.3, 0.4) is 0 Å². The molecule has 0 saturated heterocycles. The second-order valence-corrected chi connectivity index (χ2v) is 5.77. The summed E-state index contributed by atoms with van der Waals surface area (Å²) < 4.78 is 0. The summed E-state index contributed by atoms with van der Waals surface area (Å²) in [4.78, 5) is 2.62. The van der Waals surface area contributed by atoms with Crippen LogP contribution in [0.4, 0.5) is 5.69 Å². The van der Waals surface area contributed by atoms with Crippen LogP contribution in [-0.4, -0.2) is 19.1 Å². The molecule has 100 valence electrons. The predicted molar refractivity (Wildman–Crippen MR) is 79.0 cm³/mol. The summed E-state index contributed by atoms with van der Waals surface area (Å²) in [5.74, 6) is 0.771. The van der Waals surface area contributed by atoms with Gasteiger partial charge in [-0.15, -0.1) is 0 Å². The van der Waals surface area contributed by atoms with E-state index in [1.807, 2.05) is 0 Å². The molecule has 1 aliphatic carbocycles. The maximum atomic E-state index is 5.72. The Morgan fingerprint density at radius 2 is 2.00 bits per heavy atom. The summed E-state index contributed by atoms with van der Waals surface area (Å²) in [6.07, 6.45) is 4.97. The Bertz CT molecular complexity index is 369. The molecule has 0 amide bonds. The normalized spacial score (nSPS) is 15.1. The SMILES string of the molecule is CC(C)CCN(c1ccccc1CCN)C1CC1. The highest BCUT2D eigenvalue weighted by Gasteiger charge is 2.29. The van der Waals surface area contributed by atoms with Crippen molar-refractivity contribution < 1.29 is 0 Å². The van der Waals surface area contributed by atoms with Gasteiger partial charge in [0.1, 0.15) is 0 Å². The molecule has 0 bridgehead atoms. The first kappa shape index (κ1) is 13.4. The Kier molecular flexibility index (Phi) is 4.65. The minimum Gasteiger partial charge on any atom is -0.368 e. The van der Waals surface area contributed by atoms with Crippen molar-refractivity contribution in [2.45, 2.75) is 45.6 Å². The lowest BCUT2D eigenvalue weighted by molar-refractivity contribution is 0.570. The first-order valence-electron chi connectivity index (χ1n) is 7.27. The van der Waals surface area contributed by atoms with Crippen LogP contribution in [0.2, 0.25) is 0 Å². The summed E-state index contributed by atoms with van der Waals surface area (Å²) in [5, 5.41) is 0. The van der Waals surface area contributed by atoms with Crippen molar-refractivity contribution in [2.75, 3.05) is 18.0 Å². The second-order valence-electron chi connectivity index (χ2n) is 5.77. The highest BCUT2D eigenvalue weighted by Crippen LogP contribution is 2.34. The molecular weight excluding hydrogens is 220 g/mol. The van der Waals surface area contributed by atoms with Gasteiger partial charge in [0.05, 0.1) is 0 Å². The first-order valence-corrected chi connectivity index (χ1v) is 7.27. The van der Waals surface area contributed by atoms with E-state index in [1.54, 1.807) is 0 Å². The molecule has 2 nitrogen and oxygen atoms in total. The van der Waals surface area contributed by atoms with E-state index in [0.717, 1.165) is 24.9 Å². The van der Waals surface area contributed by atoms with Crippen LogP contribution >= 0.6 is 0 Å². The van der Waals surface area contributed by atoms with Crippen LogP contribution in [0.25, 0.3) is 0 Å². The Balaban J connectivity index is 2.13. The molecule has 18 heavy (non-hydrogen) atoms. The molecule has 0 unspecified atom stereocenters. The fourth-order valence-corrected chi connectivity index (χ4v) is 2.44. The summed E-state index contributed by atoms with van der Waals surface area (Å²) in [6, 6.07) is 9.56. The molecule has 0 aliphatic heterocycles. The van der Waals surface area contributed by atoms with Gasteiger partial charge in [0.15, 0.2) is 0 Å². The monoisotopic (exact) mass is 246 g/mol. The zero-order chi connectivity index (χ0) is 13.0. The number of hydrogen-bond donors (Lipinski definition) is 1. The quantitative estimate of drug-likeness (QED) is 0.800. The lowest BCUT2D eigenvalue weighted by atomic mass is 10.1. The lowest BCUT2D eigenvalue weighted by Crippen LogP contribution is -2.29. The van der Waals surface area contributed by atoms with Gasteiger partial charge in [-0.2, -0.15) is 0 Å². The first-order chi connectivity index (χ1) is 8.72. The highest BCUT2D eigenvalue weighted by atomic mass is 15.2. The minimum atomic E-state index is 0.736. The van der Waals surface area contributed by atoms with Crippen LogP contribution in [0, 0.1) is 5.92 Å². The number of benzene rings is 1. The van der Waals surface area contributed by atoms with Gasteiger partial charge < -0.3 is 10.6 Å². The summed E-state index contributed by atoms with van der Waals surface area (Å²) >= 11 is 0. The standard InChI is InChI=1S/C16H26N2/c1-13(2)10-12-18(15-7-8-15)16-6-4-3-5-14(16)9-11-17/h3-6,13,15H,7-12,17H2,1-2H3. The van der Waals surface area contributed by atoms with Gasteiger partial charge in [-0.1, -0.05) is 32.0 Å². The average molecular weight is 246 g/mol. The fraction of sp³-hybridized carbons (Fsp3) is 0.625. The number of hydrogen-bond acceptors (Lipinski definition) is 2. The summed E-state index contributed by atoms with van der Waals surface area (Å²) in [7, 11) is 0. The van der Waals surface area contributed by atoms with E-state index in [0.29, 0.717) is 0 Å². The molecule has 2 rings (SSSR count). The lowest BCUT2D eigenvalue weighted by Gasteiger charge is -2.28. The molecular formula is C16H26N2. The second kappa shape index (κ2) is 6.24. The van der Waals surface area contributed by atoms with Crippen molar-refractivity contribution in [3.63, 3.8) is 0 Å². The largest absolute Gasteiger partial charge is 0.368 e. The molecule has 0 heterocycles. The van der Waals surface area contributed by atoms with E-state index in [9.17, 15) is 0 Å². The van der Waals surface area contributed by atoms with Crippen molar-refractivity contribution in [3.05, 3.63) is 29.8 Å². The third kappa shape index (κ3) is 3.49. The van der Waals surface area contributed by atoms with Crippen LogP contribution in [-0.2, 0) is 6.42 Å². The number of rotatable bonds is 7. The van der Waals surface area contributed by atoms with Gasteiger partial charge in [-0.05, 0) is 49.8 Å². The Labute approximate surface area is 111 Å². The molecule has 1 aromatic rings. The zero-order valence-corrected chi connectivity index (χ0v) is 11.7. The smallest absolute Gasteiger partial charge is 0.0401 e. The van der Waals surface area contributed by atoms with Gasteiger partial charge in [-0.3, -0.25) is 0 Å². The minimum absolute atomic E-state index is 0.736. The van der Waals surface area contributed by atoms with Gasteiger partial charge in [0.2, 0.25) is 0 Å². The number of anilines is 1. The van der Waals surface area contributed by atoms with E-state index in [1.165, 1.54) is 37.1 Å². The maximum absolute atomic E-state index is 5.72. The van der Waals surface area contributed by atoms with Crippen LogP contribution in [0.5, 0.6) is 0 Å². The molecule has 0 aromatic heterocycles. The van der Waals surface area contributed by atoms with Crippen LogP contribution in [0.1, 0.15) is 38.7 Å². The highest BCUT2D eigenvalue weighted by molar-refractivity contribution is 5.55. The number of nitrogens with zero attached hydrogens (tertiary/aromatic N) is 1. The van der Waals surface area contributed by atoms with Crippen LogP contribution < -0.4 is 10.6 Å². The summed E-state index contributed by atoms with van der Waals surface area (Å²) in [6.45, 7) is 6.53. The van der Waals surface area contributed by atoms with Gasteiger partial charge >= 0.3 is 0 Å². The molecule has 1 saturated carbocycles. The van der Waals surface area contributed by atoms with Gasteiger partial charge in [-0.25, -0.2) is 0 Å². The van der Waals surface area contributed by atoms with E-state index in [4.69, 9.17) is 5.73 Å². The molecule has 2 heteroatoms. The average Bonchev–Trinajstić information content (AvgIpc) is 3.16. The van der Waals surface area contributed by atoms with E-state index in [-0.39, 0.29) is 0 Å². The Morgan fingerprint density at radius 1 is 1.28 bits per heavy atom. The van der Waals surface area contributed by atoms with E-state index >= 15 is 0 Å². The van der Waals surface area contributed by atoms with Gasteiger partial charge in [0.25, 0.3) is 0 Å². The van der Waals surface area contributed by atoms with Crippen molar-refractivity contribution in [1.82, 2.24) is 0 Å². The van der Waals surface area contributed by atoms with Gasteiger partial charge in [0, 0.05) is 18.3 Å². The fourth-order valence-electron chi connectivity index (χ4n) is 2.44. The Morgan fingerprint density at radius 3 is 2.61 bits per heavy atom. The van der Waals surface area contributed by atoms with Crippen molar-refractivity contribution in [3.8, 4) is 0 Å². The molecule has 1 aliphatic rings. The van der Waals surface area contributed by atoms with Crippen molar-refractivity contribution >= 4 is 5.69 Å². The molecule has 0 spiro atoms. The maximum Gasteiger partial charge on any atom is 0.0401 e. The van der Waals surface area contributed by atoms with E-state index < -0.39 is 0 Å². The zero-order valence-electron chi connectivity index (χ0n) is 11.7. The third-order valence-corrected chi connectivity index (χ3v) is 3.65. The predicted octanol–water partition coefficient (Wildman–Crippen LogP) is 3.20. The molecule has 0 atom stereocenters. The third-order valence-electron chi connectivity index (χ3n) is 3.65. The molecule has 1 fully saturated rings. The van der Waals surface area contributed by atoms with Crippen molar-refractivity contribution in [2.24, 2.45) is 11.7 Å². The summed E-state index contributed by atoms with van der Waals surface area (Å²) in [5.41, 5.74) is 8.56. The Hall–Kier alpha value is -1.02. The molecule has 1 aromatic carbocycles.